The first-order valence-electron chi connectivity index (χ1n) is 10.2. The Kier molecular flexibility index (Phi) is 6.53. The Hall–Kier alpha value is -3.22. The fraction of sp³-hybridized carbons (Fsp3) is 0.160. The number of ether oxygens (including phenoxy) is 1. The molecule has 1 aromatic heterocycles. The van der Waals surface area contributed by atoms with E-state index in [-0.39, 0.29) is 12.2 Å². The van der Waals surface area contributed by atoms with Crippen LogP contribution in [-0.2, 0) is 9.53 Å². The molecule has 0 spiro atoms. The molecule has 1 atom stereocenters. The maximum atomic E-state index is 13.4. The van der Waals surface area contributed by atoms with Crippen molar-refractivity contribution in [1.82, 2.24) is 4.57 Å². The van der Waals surface area contributed by atoms with E-state index >= 15 is 0 Å². The van der Waals surface area contributed by atoms with Crippen LogP contribution in [-0.4, -0.2) is 17.1 Å². The number of halogens is 1. The van der Waals surface area contributed by atoms with Crippen molar-refractivity contribution in [3.8, 4) is 0 Å². The molecule has 0 fully saturated rings. The number of fused-ring (bicyclic) bond motifs is 1. The average molecular weight is 465 g/mol. The maximum absolute atomic E-state index is 13.4. The number of nitrogens with zero attached hydrogens (tertiary/aromatic N) is 2. The van der Waals surface area contributed by atoms with E-state index in [0.717, 1.165) is 11.1 Å². The van der Waals surface area contributed by atoms with Gasteiger partial charge in [-0.05, 0) is 43.2 Å². The Bertz CT molecular complexity index is 1400. The fourth-order valence-electron chi connectivity index (χ4n) is 3.53. The zero-order valence-electron chi connectivity index (χ0n) is 17.6. The minimum absolute atomic E-state index is 0.217. The molecule has 1 aliphatic rings. The normalized spacial score (nSPS) is 16.2. The van der Waals surface area contributed by atoms with Crippen molar-refractivity contribution in [1.29, 1.82) is 0 Å². The molecule has 1 aliphatic heterocycles. The van der Waals surface area contributed by atoms with E-state index in [2.05, 4.69) is 4.99 Å². The van der Waals surface area contributed by atoms with Gasteiger partial charge in [-0.15, -0.1) is 0 Å². The number of carbonyl (C=O) groups is 1. The van der Waals surface area contributed by atoms with E-state index in [1.807, 2.05) is 54.6 Å². The van der Waals surface area contributed by atoms with Crippen LogP contribution < -0.4 is 14.9 Å². The molecule has 0 radical (unpaired) electrons. The Morgan fingerprint density at radius 3 is 2.66 bits per heavy atom. The average Bonchev–Trinajstić information content (AvgIpc) is 3.07. The molecular weight excluding hydrogens is 444 g/mol. The molecule has 32 heavy (non-hydrogen) atoms. The lowest BCUT2D eigenvalue weighted by Gasteiger charge is -2.21. The summed E-state index contributed by atoms with van der Waals surface area (Å²) < 4.78 is 7.35. The molecule has 7 heteroatoms. The van der Waals surface area contributed by atoms with E-state index in [1.165, 1.54) is 11.3 Å². The molecule has 0 saturated carbocycles. The Balaban J connectivity index is 1.88. The highest BCUT2D eigenvalue weighted by Gasteiger charge is 2.30. The quantitative estimate of drug-likeness (QED) is 0.534. The number of benzene rings is 2. The van der Waals surface area contributed by atoms with Crippen LogP contribution >= 0.6 is 22.9 Å². The first kappa shape index (κ1) is 22.0. The summed E-state index contributed by atoms with van der Waals surface area (Å²) >= 11 is 7.38. The number of carbonyl (C=O) groups excluding carboxylic acids is 1. The number of hydrogen-bond donors (Lipinski definition) is 0. The van der Waals surface area contributed by atoms with Crippen LogP contribution in [0.5, 0.6) is 0 Å². The molecule has 4 rings (SSSR count). The van der Waals surface area contributed by atoms with Crippen LogP contribution in [0.1, 0.15) is 31.0 Å². The van der Waals surface area contributed by atoms with Crippen molar-refractivity contribution in [2.75, 3.05) is 6.61 Å². The van der Waals surface area contributed by atoms with E-state index in [1.54, 1.807) is 36.6 Å². The molecule has 0 N–H and O–H groups in total. The van der Waals surface area contributed by atoms with Gasteiger partial charge in [0.2, 0.25) is 0 Å². The van der Waals surface area contributed by atoms with Gasteiger partial charge in [0.05, 0.1) is 28.5 Å². The molecular formula is C25H21ClN2O3S. The van der Waals surface area contributed by atoms with Gasteiger partial charge in [0, 0.05) is 5.02 Å². The monoisotopic (exact) mass is 464 g/mol. The van der Waals surface area contributed by atoms with Crippen molar-refractivity contribution in [2.45, 2.75) is 19.9 Å². The SMILES string of the molecule is CCOC(=O)C1=C(C)N=c2s/c(=C\c3cccc(Cl)c3)c(=O)n2C1/C=C/c1ccccc1. The molecule has 2 heterocycles. The summed E-state index contributed by atoms with van der Waals surface area (Å²) in [5, 5.41) is 0.593. The van der Waals surface area contributed by atoms with Gasteiger partial charge in [-0.25, -0.2) is 9.79 Å². The third-order valence-corrected chi connectivity index (χ3v) is 6.19. The zero-order chi connectivity index (χ0) is 22.7. The van der Waals surface area contributed by atoms with Crippen LogP contribution in [0.15, 0.2) is 81.7 Å². The summed E-state index contributed by atoms with van der Waals surface area (Å²) in [6.45, 7) is 3.76. The first-order valence-corrected chi connectivity index (χ1v) is 11.4. The molecule has 0 amide bonds. The van der Waals surface area contributed by atoms with E-state index in [9.17, 15) is 9.59 Å². The van der Waals surface area contributed by atoms with Crippen LogP contribution in [0.4, 0.5) is 0 Å². The van der Waals surface area contributed by atoms with Crippen LogP contribution in [0.25, 0.3) is 12.2 Å². The van der Waals surface area contributed by atoms with Gasteiger partial charge in [-0.1, -0.05) is 77.6 Å². The van der Waals surface area contributed by atoms with Crippen molar-refractivity contribution >= 4 is 41.1 Å². The van der Waals surface area contributed by atoms with Crippen LogP contribution in [0, 0.1) is 0 Å². The summed E-state index contributed by atoms with van der Waals surface area (Å²) in [4.78, 5) is 31.3. The number of thiazole rings is 1. The fourth-order valence-corrected chi connectivity index (χ4v) is 4.78. The number of allylic oxidation sites excluding steroid dienone is 2. The van der Waals surface area contributed by atoms with Crippen molar-refractivity contribution in [2.24, 2.45) is 4.99 Å². The lowest BCUT2D eigenvalue weighted by molar-refractivity contribution is -0.139. The topological polar surface area (TPSA) is 60.7 Å². The van der Waals surface area contributed by atoms with Gasteiger partial charge < -0.3 is 4.74 Å². The summed E-state index contributed by atoms with van der Waals surface area (Å²) in [6.07, 6.45) is 5.54. The second kappa shape index (κ2) is 9.51. The molecule has 1 unspecified atom stereocenters. The van der Waals surface area contributed by atoms with Gasteiger partial charge in [0.15, 0.2) is 4.80 Å². The predicted molar refractivity (Wildman–Crippen MR) is 128 cm³/mol. The number of hydrogen-bond acceptors (Lipinski definition) is 5. The Morgan fingerprint density at radius 1 is 1.19 bits per heavy atom. The maximum Gasteiger partial charge on any atom is 0.338 e. The number of aromatic nitrogens is 1. The summed E-state index contributed by atoms with van der Waals surface area (Å²) in [5.74, 6) is -0.472. The molecule has 0 aliphatic carbocycles. The van der Waals surface area contributed by atoms with E-state index < -0.39 is 12.0 Å². The van der Waals surface area contributed by atoms with Gasteiger partial charge in [0.1, 0.15) is 0 Å². The van der Waals surface area contributed by atoms with E-state index in [4.69, 9.17) is 16.3 Å². The lowest BCUT2D eigenvalue weighted by atomic mass is 10.0. The number of esters is 1. The second-order valence-electron chi connectivity index (χ2n) is 7.17. The smallest absolute Gasteiger partial charge is 0.338 e. The molecule has 0 bridgehead atoms. The van der Waals surface area contributed by atoms with Crippen LogP contribution in [0.2, 0.25) is 5.02 Å². The van der Waals surface area contributed by atoms with Gasteiger partial charge in [-0.2, -0.15) is 0 Å². The Morgan fingerprint density at radius 2 is 1.94 bits per heavy atom. The summed E-state index contributed by atoms with van der Waals surface area (Å²) in [5.41, 5.74) is 2.47. The van der Waals surface area contributed by atoms with Gasteiger partial charge in [-0.3, -0.25) is 9.36 Å². The van der Waals surface area contributed by atoms with Crippen molar-refractivity contribution in [3.05, 3.63) is 108 Å². The molecule has 0 saturated heterocycles. The third-order valence-electron chi connectivity index (χ3n) is 4.98. The largest absolute Gasteiger partial charge is 0.463 e. The molecule has 3 aromatic rings. The summed E-state index contributed by atoms with van der Waals surface area (Å²) in [7, 11) is 0. The van der Waals surface area contributed by atoms with Crippen molar-refractivity contribution < 1.29 is 9.53 Å². The minimum atomic E-state index is -0.619. The molecule has 5 nitrogen and oxygen atoms in total. The molecule has 2 aromatic carbocycles. The first-order chi connectivity index (χ1) is 15.5. The second-order valence-corrected chi connectivity index (χ2v) is 8.61. The standard InChI is InChI=1S/C25H21ClN2O3S/c1-3-31-24(30)22-16(2)27-25-28(20(22)13-12-17-8-5-4-6-9-17)23(29)21(32-25)15-18-10-7-11-19(26)14-18/h4-15,20H,3H2,1-2H3/b13-12+,21-15-. The van der Waals surface area contributed by atoms with Crippen LogP contribution in [0.3, 0.4) is 0 Å². The summed E-state index contributed by atoms with van der Waals surface area (Å²) in [6, 6.07) is 16.4. The lowest BCUT2D eigenvalue weighted by Crippen LogP contribution is -2.38. The Labute approximate surface area is 194 Å². The highest BCUT2D eigenvalue weighted by molar-refractivity contribution is 7.07. The van der Waals surface area contributed by atoms with Crippen molar-refractivity contribution in [3.63, 3.8) is 0 Å². The minimum Gasteiger partial charge on any atom is -0.463 e. The molecule has 162 valence electrons. The highest BCUT2D eigenvalue weighted by Crippen LogP contribution is 2.26. The predicted octanol–water partition coefficient (Wildman–Crippen LogP) is 4.12. The third kappa shape index (κ3) is 4.52. The zero-order valence-corrected chi connectivity index (χ0v) is 19.2. The highest BCUT2D eigenvalue weighted by atomic mass is 35.5. The van der Waals surface area contributed by atoms with Gasteiger partial charge in [0.25, 0.3) is 5.56 Å². The van der Waals surface area contributed by atoms with E-state index in [0.29, 0.717) is 25.6 Å². The number of rotatable bonds is 5. The van der Waals surface area contributed by atoms with Gasteiger partial charge >= 0.3 is 5.97 Å².